The summed E-state index contributed by atoms with van der Waals surface area (Å²) in [5.41, 5.74) is 2.27. The molecular formula is C18H12Br10O. The highest BCUT2D eigenvalue weighted by Crippen LogP contribution is 2.43. The van der Waals surface area contributed by atoms with Crippen LogP contribution in [0.5, 0.6) is 0 Å². The first kappa shape index (κ1) is 28.4. The molecule has 2 rings (SSSR count). The standard InChI is InChI=1S/C18H12Br10O/c19-7-1-9(21)15(10(22)2-7)17(27)13(25)5-29-6-14(26)18(28)16-11(23)3-8(20)4-12(16)24/h1-4,13-14,17-18H,5-6H2. The van der Waals surface area contributed by atoms with Crippen LogP contribution in [0.25, 0.3) is 0 Å². The van der Waals surface area contributed by atoms with Gasteiger partial charge in [0.25, 0.3) is 0 Å². The lowest BCUT2D eigenvalue weighted by Gasteiger charge is -2.23. The topological polar surface area (TPSA) is 9.23 Å². The molecule has 29 heavy (non-hydrogen) atoms. The predicted molar refractivity (Wildman–Crippen MR) is 159 cm³/mol. The van der Waals surface area contributed by atoms with Crippen molar-refractivity contribution in [1.82, 2.24) is 0 Å². The lowest BCUT2D eigenvalue weighted by Crippen LogP contribution is -2.21. The molecule has 0 aliphatic heterocycles. The SMILES string of the molecule is Brc1cc(Br)c(C(Br)C(Br)COCC(Br)C(Br)c2c(Br)cc(Br)cc2Br)c(Br)c1. The van der Waals surface area contributed by atoms with Crippen LogP contribution in [0.15, 0.2) is 51.1 Å². The summed E-state index contributed by atoms with van der Waals surface area (Å²) in [6.45, 7) is 1.10. The highest BCUT2D eigenvalue weighted by atomic mass is 79.9. The zero-order chi connectivity index (χ0) is 21.9. The Bertz CT molecular complexity index is 743. The number of alkyl halides is 4. The molecule has 0 N–H and O–H groups in total. The first-order valence-corrected chi connectivity index (χ1v) is 16.4. The fourth-order valence-electron chi connectivity index (χ4n) is 2.46. The molecule has 0 radical (unpaired) electrons. The highest BCUT2D eigenvalue weighted by Gasteiger charge is 2.26. The summed E-state index contributed by atoms with van der Waals surface area (Å²) in [4.78, 5) is 0.331. The lowest BCUT2D eigenvalue weighted by molar-refractivity contribution is 0.138. The minimum atomic E-state index is 0.0719. The van der Waals surface area contributed by atoms with Crippen LogP contribution in [0.1, 0.15) is 20.8 Å². The van der Waals surface area contributed by atoms with Crippen molar-refractivity contribution in [2.24, 2.45) is 0 Å². The van der Waals surface area contributed by atoms with E-state index < -0.39 is 0 Å². The third-order valence-electron chi connectivity index (χ3n) is 3.83. The van der Waals surface area contributed by atoms with E-state index in [2.05, 4.69) is 159 Å². The van der Waals surface area contributed by atoms with Crippen LogP contribution < -0.4 is 0 Å². The first-order chi connectivity index (χ1) is 13.5. The maximum absolute atomic E-state index is 6.02. The summed E-state index contributed by atoms with van der Waals surface area (Å²) in [6, 6.07) is 8.14. The third kappa shape index (κ3) is 8.13. The Labute approximate surface area is 254 Å². The van der Waals surface area contributed by atoms with Crippen molar-refractivity contribution in [3.63, 3.8) is 0 Å². The molecule has 4 unspecified atom stereocenters. The van der Waals surface area contributed by atoms with Gasteiger partial charge in [0.05, 0.1) is 32.5 Å². The Morgan fingerprint density at radius 2 is 0.828 bits per heavy atom. The second kappa shape index (κ2) is 13.3. The number of rotatable bonds is 8. The molecule has 0 aliphatic rings. The minimum Gasteiger partial charge on any atom is -0.379 e. The average molecular weight is 1040 g/mol. The van der Waals surface area contributed by atoms with E-state index >= 15 is 0 Å². The zero-order valence-corrected chi connectivity index (χ0v) is 30.1. The quantitative estimate of drug-likeness (QED) is 0.240. The van der Waals surface area contributed by atoms with Crippen molar-refractivity contribution < 1.29 is 4.74 Å². The van der Waals surface area contributed by atoms with Gasteiger partial charge in [-0.15, -0.1) is 0 Å². The monoisotopic (exact) mass is 1030 g/mol. The van der Waals surface area contributed by atoms with Crippen LogP contribution in [-0.4, -0.2) is 22.9 Å². The van der Waals surface area contributed by atoms with E-state index in [0.717, 1.165) is 38.0 Å². The third-order valence-corrected chi connectivity index (χ3v) is 12.6. The number of hydrogen-bond acceptors (Lipinski definition) is 1. The van der Waals surface area contributed by atoms with E-state index in [9.17, 15) is 0 Å². The molecule has 1 nitrogen and oxygen atoms in total. The molecule has 0 saturated carbocycles. The number of ether oxygens (including phenoxy) is 1. The maximum Gasteiger partial charge on any atom is 0.0606 e. The van der Waals surface area contributed by atoms with Crippen LogP contribution in [0.3, 0.4) is 0 Å². The van der Waals surface area contributed by atoms with Crippen LogP contribution in [0.4, 0.5) is 0 Å². The van der Waals surface area contributed by atoms with E-state index in [-0.39, 0.29) is 19.3 Å². The normalized spacial score (nSPS) is 15.8. The van der Waals surface area contributed by atoms with E-state index in [4.69, 9.17) is 4.74 Å². The van der Waals surface area contributed by atoms with Crippen molar-refractivity contribution in [3.8, 4) is 0 Å². The molecular weight excluding hydrogens is 1030 g/mol. The van der Waals surface area contributed by atoms with Crippen LogP contribution >= 0.6 is 159 Å². The lowest BCUT2D eigenvalue weighted by atomic mass is 10.1. The molecule has 2 aromatic rings. The van der Waals surface area contributed by atoms with Crippen molar-refractivity contribution >= 4 is 159 Å². The van der Waals surface area contributed by atoms with Crippen molar-refractivity contribution in [1.29, 1.82) is 0 Å². The second-order valence-corrected chi connectivity index (χ2v) is 15.5. The number of benzene rings is 2. The van der Waals surface area contributed by atoms with Gasteiger partial charge in [0.2, 0.25) is 0 Å². The van der Waals surface area contributed by atoms with Crippen LogP contribution in [0, 0.1) is 0 Å². The van der Waals surface area contributed by atoms with Gasteiger partial charge in [-0.3, -0.25) is 0 Å². The van der Waals surface area contributed by atoms with Crippen molar-refractivity contribution in [2.75, 3.05) is 13.2 Å². The molecule has 160 valence electrons. The van der Waals surface area contributed by atoms with Gasteiger partial charge in [-0.2, -0.15) is 0 Å². The first-order valence-electron chi connectivity index (χ1n) is 7.95. The highest BCUT2D eigenvalue weighted by molar-refractivity contribution is 9.13. The maximum atomic E-state index is 6.02. The molecule has 0 heterocycles. The number of hydrogen-bond donors (Lipinski definition) is 0. The fraction of sp³-hybridized carbons (Fsp3) is 0.333. The van der Waals surface area contributed by atoms with Gasteiger partial charge in [0.15, 0.2) is 0 Å². The Kier molecular flexibility index (Phi) is 13.1. The van der Waals surface area contributed by atoms with Gasteiger partial charge < -0.3 is 4.74 Å². The van der Waals surface area contributed by atoms with Gasteiger partial charge in [-0.25, -0.2) is 0 Å². The molecule has 0 fully saturated rings. The number of halogens is 10. The van der Waals surface area contributed by atoms with Gasteiger partial charge >= 0.3 is 0 Å². The summed E-state index contributed by atoms with van der Waals surface area (Å²) >= 11 is 36.7. The van der Waals surface area contributed by atoms with Gasteiger partial charge in [0, 0.05) is 26.8 Å². The molecule has 0 spiro atoms. The second-order valence-electron chi connectivity index (χ2n) is 5.94. The molecule has 0 bridgehead atoms. The Morgan fingerprint density at radius 1 is 0.552 bits per heavy atom. The van der Waals surface area contributed by atoms with E-state index in [0.29, 0.717) is 13.2 Å². The Hall–Kier alpha value is 3.20. The smallest absolute Gasteiger partial charge is 0.0606 e. The van der Waals surface area contributed by atoms with Gasteiger partial charge in [0.1, 0.15) is 0 Å². The van der Waals surface area contributed by atoms with E-state index in [1.807, 2.05) is 24.3 Å². The summed E-state index contributed by atoms with van der Waals surface area (Å²) in [6.07, 6.45) is 0. The van der Waals surface area contributed by atoms with Crippen molar-refractivity contribution in [2.45, 2.75) is 19.3 Å². The molecule has 0 amide bonds. The molecule has 0 saturated heterocycles. The molecule has 0 aromatic heterocycles. The zero-order valence-electron chi connectivity index (χ0n) is 14.2. The largest absolute Gasteiger partial charge is 0.379 e. The average Bonchev–Trinajstić information content (AvgIpc) is 2.59. The predicted octanol–water partition coefficient (Wildman–Crippen LogP) is 11.4. The van der Waals surface area contributed by atoms with Crippen LogP contribution in [-0.2, 0) is 4.74 Å². The van der Waals surface area contributed by atoms with Crippen molar-refractivity contribution in [3.05, 3.63) is 62.2 Å². The Morgan fingerprint density at radius 3 is 1.10 bits per heavy atom. The molecule has 2 aromatic carbocycles. The Balaban J connectivity index is 1.97. The summed E-state index contributed by atoms with van der Waals surface area (Å²) in [7, 11) is 0. The molecule has 0 aliphatic carbocycles. The fourth-order valence-corrected chi connectivity index (χ4v) is 11.4. The summed E-state index contributed by atoms with van der Waals surface area (Å²) < 4.78 is 12.1. The summed E-state index contributed by atoms with van der Waals surface area (Å²) in [5, 5.41) is 0. The van der Waals surface area contributed by atoms with E-state index in [1.165, 1.54) is 0 Å². The van der Waals surface area contributed by atoms with Crippen LogP contribution in [0.2, 0.25) is 0 Å². The minimum absolute atomic E-state index is 0.0719. The van der Waals surface area contributed by atoms with E-state index in [1.54, 1.807) is 0 Å². The molecule has 11 heteroatoms. The van der Waals surface area contributed by atoms with Gasteiger partial charge in [-0.1, -0.05) is 159 Å². The van der Waals surface area contributed by atoms with Gasteiger partial charge in [-0.05, 0) is 35.4 Å². The molecule has 4 atom stereocenters. The summed E-state index contributed by atoms with van der Waals surface area (Å²) in [5.74, 6) is 0.